The summed E-state index contributed by atoms with van der Waals surface area (Å²) in [6, 6.07) is 0. The average molecular weight is 165 g/mol. The second kappa shape index (κ2) is 7.85. The molecule has 0 saturated carbocycles. The van der Waals surface area contributed by atoms with Crippen LogP contribution in [0.25, 0.3) is 0 Å². The van der Waals surface area contributed by atoms with E-state index in [1.807, 2.05) is 19.9 Å². The van der Waals surface area contributed by atoms with E-state index in [1.165, 1.54) is 6.34 Å². The number of nitrogens with zero attached hydrogens (tertiary/aromatic N) is 3. The quantitative estimate of drug-likeness (QED) is 0.452. The SMILES string of the molecule is C/C=N\C(=C/C)C/C=N\C=N/C. The van der Waals surface area contributed by atoms with Crippen LogP contribution in [0, 0.1) is 0 Å². The van der Waals surface area contributed by atoms with E-state index >= 15 is 0 Å². The Kier molecular flexibility index (Phi) is 7.03. The number of rotatable bonds is 4. The van der Waals surface area contributed by atoms with E-state index in [0.717, 1.165) is 12.1 Å². The number of aliphatic imine (C=N–C) groups is 3. The predicted octanol–water partition coefficient (Wildman–Crippen LogP) is 2.10. The Morgan fingerprint density at radius 3 is 2.58 bits per heavy atom. The van der Waals surface area contributed by atoms with Gasteiger partial charge in [0, 0.05) is 31.6 Å². The number of hydrogen-bond acceptors (Lipinski definition) is 2. The molecule has 66 valence electrons. The number of hydrogen-bond donors (Lipinski definition) is 0. The highest BCUT2D eigenvalue weighted by molar-refractivity contribution is 5.74. The van der Waals surface area contributed by atoms with Crippen molar-refractivity contribution in [1.82, 2.24) is 0 Å². The van der Waals surface area contributed by atoms with Crippen LogP contribution >= 0.6 is 0 Å². The first kappa shape index (κ1) is 10.8. The first-order valence-electron chi connectivity index (χ1n) is 3.91. The third-order valence-corrected chi connectivity index (χ3v) is 1.22. The van der Waals surface area contributed by atoms with Gasteiger partial charge in [-0.25, -0.2) is 4.99 Å². The van der Waals surface area contributed by atoms with Crippen molar-refractivity contribution in [2.45, 2.75) is 20.3 Å². The molecule has 0 aliphatic carbocycles. The Hall–Kier alpha value is -1.25. The van der Waals surface area contributed by atoms with E-state index < -0.39 is 0 Å². The second-order valence-electron chi connectivity index (χ2n) is 2.08. The molecule has 3 nitrogen and oxygen atoms in total. The molecule has 12 heavy (non-hydrogen) atoms. The highest BCUT2D eigenvalue weighted by Crippen LogP contribution is 1.98. The zero-order chi connectivity index (χ0) is 9.23. The van der Waals surface area contributed by atoms with Gasteiger partial charge in [0.1, 0.15) is 6.34 Å². The predicted molar refractivity (Wildman–Crippen MR) is 55.4 cm³/mol. The van der Waals surface area contributed by atoms with E-state index in [2.05, 4.69) is 15.0 Å². The third kappa shape index (κ3) is 5.53. The van der Waals surface area contributed by atoms with Gasteiger partial charge >= 0.3 is 0 Å². The Balaban J connectivity index is 3.89. The van der Waals surface area contributed by atoms with Crippen LogP contribution in [0.15, 0.2) is 26.8 Å². The third-order valence-electron chi connectivity index (χ3n) is 1.22. The lowest BCUT2D eigenvalue weighted by Crippen LogP contribution is -1.81. The molecule has 0 unspecified atom stereocenters. The molecule has 0 fully saturated rings. The Morgan fingerprint density at radius 2 is 2.08 bits per heavy atom. The van der Waals surface area contributed by atoms with Crippen molar-refractivity contribution < 1.29 is 0 Å². The molecule has 0 aromatic heterocycles. The Labute approximate surface area is 73.7 Å². The zero-order valence-corrected chi connectivity index (χ0v) is 7.86. The minimum absolute atomic E-state index is 0.757. The second-order valence-corrected chi connectivity index (χ2v) is 2.08. The molecule has 3 heteroatoms. The van der Waals surface area contributed by atoms with Crippen LogP contribution in [-0.2, 0) is 0 Å². The lowest BCUT2D eigenvalue weighted by atomic mass is 10.3. The van der Waals surface area contributed by atoms with Crippen molar-refractivity contribution in [1.29, 1.82) is 0 Å². The highest BCUT2D eigenvalue weighted by Gasteiger charge is 1.85. The summed E-state index contributed by atoms with van der Waals surface area (Å²) < 4.78 is 0. The van der Waals surface area contributed by atoms with Crippen LogP contribution in [0.1, 0.15) is 20.3 Å². The summed E-state index contributed by atoms with van der Waals surface area (Å²) in [5.74, 6) is 0. The van der Waals surface area contributed by atoms with E-state index in [4.69, 9.17) is 0 Å². The van der Waals surface area contributed by atoms with E-state index in [1.54, 1.807) is 19.5 Å². The highest BCUT2D eigenvalue weighted by atomic mass is 14.8. The van der Waals surface area contributed by atoms with Gasteiger partial charge in [-0.1, -0.05) is 6.08 Å². The molecule has 0 aromatic carbocycles. The van der Waals surface area contributed by atoms with Crippen LogP contribution < -0.4 is 0 Å². The van der Waals surface area contributed by atoms with Crippen molar-refractivity contribution in [2.75, 3.05) is 7.05 Å². The van der Waals surface area contributed by atoms with Gasteiger partial charge in [-0.05, 0) is 13.8 Å². The van der Waals surface area contributed by atoms with E-state index in [-0.39, 0.29) is 0 Å². The fourth-order valence-corrected chi connectivity index (χ4v) is 0.671. The van der Waals surface area contributed by atoms with Gasteiger partial charge in [0.2, 0.25) is 0 Å². The summed E-state index contributed by atoms with van der Waals surface area (Å²) >= 11 is 0. The molecule has 0 aliphatic rings. The zero-order valence-electron chi connectivity index (χ0n) is 7.86. The maximum absolute atomic E-state index is 4.14. The van der Waals surface area contributed by atoms with Gasteiger partial charge < -0.3 is 0 Å². The van der Waals surface area contributed by atoms with Gasteiger partial charge in [0.25, 0.3) is 0 Å². The van der Waals surface area contributed by atoms with E-state index in [0.29, 0.717) is 0 Å². The summed E-state index contributed by atoms with van der Waals surface area (Å²) in [6.07, 6.45) is 7.80. The first-order chi connectivity index (χ1) is 5.85. The standard InChI is InChI=1S/C9H15N3/c1-4-9(12-5-2)6-7-11-8-10-3/h4-5,7-8H,6H2,1-3H3/b9-4-,10-8-,11-7-,12-5-. The molecule has 0 atom stereocenters. The van der Waals surface area contributed by atoms with E-state index in [9.17, 15) is 0 Å². The fourth-order valence-electron chi connectivity index (χ4n) is 0.671. The molecule has 0 saturated heterocycles. The molecular formula is C9H15N3. The first-order valence-corrected chi connectivity index (χ1v) is 3.91. The molecule has 0 bridgehead atoms. The molecule has 0 N–H and O–H groups in total. The summed E-state index contributed by atoms with van der Waals surface area (Å²) in [7, 11) is 1.69. The van der Waals surface area contributed by atoms with Gasteiger partial charge in [-0.2, -0.15) is 0 Å². The largest absolute Gasteiger partial charge is 0.277 e. The summed E-state index contributed by atoms with van der Waals surface area (Å²) in [5, 5.41) is 0. The maximum atomic E-state index is 4.14. The lowest BCUT2D eigenvalue weighted by Gasteiger charge is -1.91. The van der Waals surface area contributed by atoms with Gasteiger partial charge in [0.05, 0.1) is 0 Å². The maximum Gasteiger partial charge on any atom is 0.109 e. The van der Waals surface area contributed by atoms with Crippen LogP contribution in [0.4, 0.5) is 0 Å². The molecule has 0 spiro atoms. The average Bonchev–Trinajstić information content (AvgIpc) is 2.10. The monoisotopic (exact) mass is 165 g/mol. The van der Waals surface area contributed by atoms with Crippen molar-refractivity contribution in [2.24, 2.45) is 15.0 Å². The van der Waals surface area contributed by atoms with Crippen LogP contribution in [0.2, 0.25) is 0 Å². The van der Waals surface area contributed by atoms with Gasteiger partial charge in [0.15, 0.2) is 0 Å². The summed E-state index contributed by atoms with van der Waals surface area (Å²) in [5.41, 5.74) is 1.02. The molecule has 0 rings (SSSR count). The van der Waals surface area contributed by atoms with Crippen LogP contribution in [0.3, 0.4) is 0 Å². The topological polar surface area (TPSA) is 37.1 Å². The minimum Gasteiger partial charge on any atom is -0.277 e. The summed E-state index contributed by atoms with van der Waals surface area (Å²) in [6.45, 7) is 3.86. The van der Waals surface area contributed by atoms with Crippen molar-refractivity contribution in [3.63, 3.8) is 0 Å². The summed E-state index contributed by atoms with van der Waals surface area (Å²) in [4.78, 5) is 11.8. The molecule has 0 aromatic rings. The normalized spacial score (nSPS) is 14.1. The van der Waals surface area contributed by atoms with Crippen LogP contribution in [0.5, 0.6) is 0 Å². The molecule has 0 aliphatic heterocycles. The lowest BCUT2D eigenvalue weighted by molar-refractivity contribution is 1.21. The van der Waals surface area contributed by atoms with Crippen LogP contribution in [-0.4, -0.2) is 25.8 Å². The molecular weight excluding hydrogens is 150 g/mol. The molecule has 0 radical (unpaired) electrons. The van der Waals surface area contributed by atoms with Gasteiger partial charge in [-0.3, -0.25) is 9.98 Å². The van der Waals surface area contributed by atoms with Crippen molar-refractivity contribution in [3.8, 4) is 0 Å². The Morgan fingerprint density at radius 1 is 1.33 bits per heavy atom. The van der Waals surface area contributed by atoms with Crippen molar-refractivity contribution >= 4 is 18.8 Å². The fraction of sp³-hybridized carbons (Fsp3) is 0.444. The molecule has 0 amide bonds. The van der Waals surface area contributed by atoms with Crippen molar-refractivity contribution in [3.05, 3.63) is 11.8 Å². The number of allylic oxidation sites excluding steroid dienone is 2. The smallest absolute Gasteiger partial charge is 0.109 e. The minimum atomic E-state index is 0.757. The van der Waals surface area contributed by atoms with Gasteiger partial charge in [-0.15, -0.1) is 0 Å². The molecule has 0 heterocycles. The Bertz CT molecular complexity index is 212.